The van der Waals surface area contributed by atoms with Gasteiger partial charge in [-0.05, 0) is 63.3 Å². The molecule has 0 spiro atoms. The molecule has 3 aromatic carbocycles. The van der Waals surface area contributed by atoms with E-state index < -0.39 is 42.3 Å². The maximum atomic E-state index is 14.0. The summed E-state index contributed by atoms with van der Waals surface area (Å²) in [6.45, 7) is 11.2. The predicted octanol–water partition coefficient (Wildman–Crippen LogP) is 4.49. The van der Waals surface area contributed by atoms with E-state index in [1.165, 1.54) is 14.0 Å². The van der Waals surface area contributed by atoms with Crippen LogP contribution in [0.3, 0.4) is 0 Å². The largest absolute Gasteiger partial charge is 0.504 e. The number of ether oxygens (including phenoxy) is 5. The SMILES string of the molecule is COc1c(C)cc2c(c1O)[C@@H]1C3Cc4c(OC(C)=O)c(C)c5c(c4[C@H](CNC(=O)[C@H](C)NC[C@@H](NC(=O)OCc4ccccc4)C(C)C)N3[C@@H](C#N)[C@@H](C2)N1C)OCO5. The van der Waals surface area contributed by atoms with Crippen molar-refractivity contribution >= 4 is 18.0 Å². The van der Waals surface area contributed by atoms with Gasteiger partial charge in [0.15, 0.2) is 23.0 Å². The van der Waals surface area contributed by atoms with Crippen LogP contribution in [0.5, 0.6) is 28.7 Å². The number of rotatable bonds is 12. The number of hydrogen-bond acceptors (Lipinski definition) is 13. The fraction of sp³-hybridized carbons (Fsp3) is 0.500. The average molecular weight is 811 g/mol. The van der Waals surface area contributed by atoms with Crippen molar-refractivity contribution in [2.24, 2.45) is 5.92 Å². The van der Waals surface area contributed by atoms with Gasteiger partial charge in [-0.1, -0.05) is 50.2 Å². The fourth-order valence-corrected chi connectivity index (χ4v) is 9.43. The molecule has 2 amide bonds. The summed E-state index contributed by atoms with van der Waals surface area (Å²) in [5.74, 6) is 0.983. The first kappa shape index (κ1) is 41.6. The van der Waals surface area contributed by atoms with Crippen LogP contribution < -0.4 is 34.9 Å². The Morgan fingerprint density at radius 3 is 2.44 bits per heavy atom. The minimum Gasteiger partial charge on any atom is -0.504 e. The molecule has 7 rings (SSSR count). The molecular weight excluding hydrogens is 757 g/mol. The Bertz CT molecular complexity index is 2160. The lowest BCUT2D eigenvalue weighted by atomic mass is 9.71. The highest BCUT2D eigenvalue weighted by molar-refractivity contribution is 5.81. The van der Waals surface area contributed by atoms with Crippen molar-refractivity contribution in [3.63, 3.8) is 0 Å². The third kappa shape index (κ3) is 7.72. The zero-order valence-electron chi connectivity index (χ0n) is 34.9. The lowest BCUT2D eigenvalue weighted by Gasteiger charge is -2.60. The number of hydrogen-bond donors (Lipinski definition) is 4. The molecule has 15 nitrogen and oxygen atoms in total. The summed E-state index contributed by atoms with van der Waals surface area (Å²) in [6, 6.07) is 10.7. The third-order valence-corrected chi connectivity index (χ3v) is 12.3. The molecule has 0 aromatic heterocycles. The summed E-state index contributed by atoms with van der Waals surface area (Å²) in [4.78, 5) is 43.7. The number of esters is 1. The summed E-state index contributed by atoms with van der Waals surface area (Å²) >= 11 is 0. The van der Waals surface area contributed by atoms with Gasteiger partial charge in [0.2, 0.25) is 12.7 Å². The first-order valence-corrected chi connectivity index (χ1v) is 20.1. The molecule has 2 bridgehead atoms. The quantitative estimate of drug-likeness (QED) is 0.149. The van der Waals surface area contributed by atoms with Crippen molar-refractivity contribution in [3.05, 3.63) is 75.3 Å². The van der Waals surface area contributed by atoms with Crippen LogP contribution in [-0.2, 0) is 33.8 Å². The lowest BCUT2D eigenvalue weighted by Crippen LogP contribution is -2.69. The van der Waals surface area contributed by atoms with Gasteiger partial charge in [-0.25, -0.2) is 4.79 Å². The molecule has 0 saturated carbocycles. The molecular formula is C44H54N6O9. The first-order valence-electron chi connectivity index (χ1n) is 20.1. The van der Waals surface area contributed by atoms with Gasteiger partial charge in [0, 0.05) is 60.4 Å². The van der Waals surface area contributed by atoms with E-state index >= 15 is 0 Å². The number of aromatic hydroxyl groups is 1. The number of nitrogens with zero attached hydrogens (tertiary/aromatic N) is 3. The summed E-state index contributed by atoms with van der Waals surface area (Å²) < 4.78 is 29.2. The number of fused-ring (bicyclic) bond motifs is 9. The molecule has 15 heteroatoms. The zero-order chi connectivity index (χ0) is 42.3. The van der Waals surface area contributed by atoms with Gasteiger partial charge in [0.05, 0.1) is 31.3 Å². The van der Waals surface area contributed by atoms with Crippen molar-refractivity contribution in [3.8, 4) is 34.8 Å². The van der Waals surface area contributed by atoms with Crippen LogP contribution in [0.1, 0.15) is 78.7 Å². The summed E-state index contributed by atoms with van der Waals surface area (Å²) in [5, 5.41) is 32.2. The molecule has 4 aliphatic rings. The number of phenols is 1. The Morgan fingerprint density at radius 2 is 1.76 bits per heavy atom. The number of carbonyl (C=O) groups is 3. The van der Waals surface area contributed by atoms with Crippen LogP contribution in [0, 0.1) is 31.1 Å². The predicted molar refractivity (Wildman–Crippen MR) is 216 cm³/mol. The number of piperazine rings is 1. The second kappa shape index (κ2) is 17.0. The summed E-state index contributed by atoms with van der Waals surface area (Å²) in [7, 11) is 3.51. The minimum absolute atomic E-state index is 0.0324. The second-order valence-corrected chi connectivity index (χ2v) is 16.3. The number of alkyl carbamates (subject to hydrolysis) is 1. The fourth-order valence-electron chi connectivity index (χ4n) is 9.43. The molecule has 1 fully saturated rings. The van der Waals surface area contributed by atoms with Crippen molar-refractivity contribution in [1.29, 1.82) is 5.26 Å². The monoisotopic (exact) mass is 810 g/mol. The normalized spacial score (nSPS) is 22.5. The number of nitrogens with one attached hydrogen (secondary N) is 3. The van der Waals surface area contributed by atoms with Gasteiger partial charge in [-0.3, -0.25) is 19.4 Å². The average Bonchev–Trinajstić information content (AvgIpc) is 3.70. The highest BCUT2D eigenvalue weighted by atomic mass is 16.7. The van der Waals surface area contributed by atoms with Crippen LogP contribution in [-0.4, -0.2) is 97.1 Å². The number of amides is 2. The van der Waals surface area contributed by atoms with Crippen LogP contribution in [0.4, 0.5) is 4.79 Å². The van der Waals surface area contributed by atoms with E-state index in [0.717, 1.165) is 22.3 Å². The molecule has 3 aromatic rings. The van der Waals surface area contributed by atoms with Gasteiger partial charge in [-0.15, -0.1) is 0 Å². The highest BCUT2D eigenvalue weighted by Crippen LogP contribution is 2.58. The van der Waals surface area contributed by atoms with E-state index in [-0.39, 0.29) is 49.6 Å². The van der Waals surface area contributed by atoms with Gasteiger partial charge in [0.1, 0.15) is 18.4 Å². The standard InChI is InChI=1S/C44H54N6O9/c1-22(2)30(48-44(54)56-20-27-12-10-9-11-13-27)18-46-25(5)43(53)47-19-34-36-29(40(59-26(6)51)24(4)41-42(36)58-21-57-41)16-32-37-35-28(14-23(3)39(55-8)38(35)52)15-31(49(37)7)33(17-45)50(32)34/h9-14,22,25,30-34,37,46,52H,15-16,18-21H2,1-8H3,(H,47,53)(H,48,54)/t25-,30+,31+,32?,33-,34-,37-/m0/s1. The number of methoxy groups -OCH3 is 1. The van der Waals surface area contributed by atoms with Crippen molar-refractivity contribution in [1.82, 2.24) is 25.8 Å². The van der Waals surface area contributed by atoms with E-state index in [1.807, 2.05) is 71.1 Å². The Labute approximate surface area is 344 Å². The topological polar surface area (TPSA) is 184 Å². The third-order valence-electron chi connectivity index (χ3n) is 12.3. The molecule has 0 aliphatic carbocycles. The number of aryl methyl sites for hydroxylation is 1. The Kier molecular flexibility index (Phi) is 12.0. The van der Waals surface area contributed by atoms with Gasteiger partial charge in [0.25, 0.3) is 0 Å². The molecule has 4 N–H and O–H groups in total. The summed E-state index contributed by atoms with van der Waals surface area (Å²) in [6.07, 6.45) is 0.293. The molecule has 1 unspecified atom stereocenters. The molecule has 0 radical (unpaired) electrons. The van der Waals surface area contributed by atoms with Gasteiger partial charge in [-0.2, -0.15) is 5.26 Å². The van der Waals surface area contributed by atoms with E-state index in [2.05, 4.69) is 31.8 Å². The smallest absolute Gasteiger partial charge is 0.407 e. The number of carbonyl (C=O) groups excluding carboxylic acids is 3. The molecule has 59 heavy (non-hydrogen) atoms. The Morgan fingerprint density at radius 1 is 1.03 bits per heavy atom. The van der Waals surface area contributed by atoms with E-state index in [0.29, 0.717) is 59.1 Å². The van der Waals surface area contributed by atoms with E-state index in [4.69, 9.17) is 23.7 Å². The maximum Gasteiger partial charge on any atom is 0.407 e. The van der Waals surface area contributed by atoms with Crippen molar-refractivity contribution < 1.29 is 43.2 Å². The van der Waals surface area contributed by atoms with Crippen molar-refractivity contribution in [2.45, 2.75) is 103 Å². The number of likely N-dealkylation sites (N-methyl/N-ethyl adjacent to an activating group) is 1. The minimum atomic E-state index is -0.671. The molecule has 314 valence electrons. The second-order valence-electron chi connectivity index (χ2n) is 16.3. The maximum absolute atomic E-state index is 14.0. The van der Waals surface area contributed by atoms with E-state index in [1.54, 1.807) is 6.92 Å². The Balaban J connectivity index is 1.19. The first-order chi connectivity index (χ1) is 28.2. The molecule has 7 atom stereocenters. The van der Waals surface area contributed by atoms with E-state index in [9.17, 15) is 24.8 Å². The number of phenolic OH excluding ortho intramolecular Hbond substituents is 1. The van der Waals surface area contributed by atoms with Gasteiger partial charge >= 0.3 is 12.1 Å². The zero-order valence-corrected chi connectivity index (χ0v) is 34.9. The van der Waals surface area contributed by atoms with Crippen LogP contribution >= 0.6 is 0 Å². The van der Waals surface area contributed by atoms with Crippen LogP contribution in [0.2, 0.25) is 0 Å². The summed E-state index contributed by atoms with van der Waals surface area (Å²) in [5.41, 5.74) is 5.36. The molecule has 4 heterocycles. The van der Waals surface area contributed by atoms with Crippen molar-refractivity contribution in [2.75, 3.05) is 34.0 Å². The Hall–Kier alpha value is -5.56. The van der Waals surface area contributed by atoms with Crippen LogP contribution in [0.25, 0.3) is 0 Å². The number of benzene rings is 3. The highest BCUT2D eigenvalue weighted by Gasteiger charge is 2.57. The lowest BCUT2D eigenvalue weighted by molar-refractivity contribution is -0.132. The van der Waals surface area contributed by atoms with Gasteiger partial charge < -0.3 is 44.7 Å². The molecule has 1 saturated heterocycles. The number of nitriles is 1. The molecule has 4 aliphatic heterocycles. The van der Waals surface area contributed by atoms with Crippen LogP contribution in [0.15, 0.2) is 36.4 Å².